The summed E-state index contributed by atoms with van der Waals surface area (Å²) < 4.78 is 7.00. The molecule has 0 spiro atoms. The molecule has 0 saturated carbocycles. The summed E-state index contributed by atoms with van der Waals surface area (Å²) in [7, 11) is 0. The monoisotopic (exact) mass is 235 g/mol. The van der Waals surface area contributed by atoms with Crippen molar-refractivity contribution in [2.45, 2.75) is 13.5 Å². The second-order valence-corrected chi connectivity index (χ2v) is 4.19. The third-order valence-corrected chi connectivity index (χ3v) is 3.13. The first-order valence-corrected chi connectivity index (χ1v) is 5.62. The molecule has 0 aliphatic rings. The molecule has 0 amide bonds. The van der Waals surface area contributed by atoms with Crippen molar-refractivity contribution in [3.8, 4) is 11.6 Å². The largest absolute Gasteiger partial charge is 0.332 e. The van der Waals surface area contributed by atoms with Gasteiger partial charge in [-0.2, -0.15) is 4.98 Å². The molecule has 0 bridgehead atoms. The Morgan fingerprint density at radius 3 is 3.06 bits per heavy atom. The van der Waals surface area contributed by atoms with Gasteiger partial charge in [-0.3, -0.25) is 4.40 Å². The van der Waals surface area contributed by atoms with Crippen LogP contribution in [0.3, 0.4) is 0 Å². The van der Waals surface area contributed by atoms with Gasteiger partial charge in [0.1, 0.15) is 5.69 Å². The van der Waals surface area contributed by atoms with Gasteiger partial charge < -0.3 is 10.3 Å². The molecule has 0 radical (unpaired) electrons. The Morgan fingerprint density at radius 1 is 1.50 bits per heavy atom. The normalized spacial score (nSPS) is 11.4. The third kappa shape index (κ3) is 1.33. The van der Waals surface area contributed by atoms with E-state index in [1.54, 1.807) is 18.3 Å². The van der Waals surface area contributed by atoms with E-state index in [-0.39, 0.29) is 0 Å². The first kappa shape index (κ1) is 9.49. The molecular weight excluding hydrogens is 226 g/mol. The van der Waals surface area contributed by atoms with E-state index >= 15 is 0 Å². The molecule has 6 nitrogen and oxygen atoms in total. The number of imidazole rings is 1. The van der Waals surface area contributed by atoms with Crippen LogP contribution in [-0.2, 0) is 6.54 Å². The highest BCUT2D eigenvalue weighted by Crippen LogP contribution is 2.22. The SMILES string of the molecule is Cc1noc(-c2cn3c(CN)csc3n2)n1. The molecule has 0 unspecified atom stereocenters. The lowest BCUT2D eigenvalue weighted by Crippen LogP contribution is -1.98. The van der Waals surface area contributed by atoms with Crippen molar-refractivity contribution in [1.29, 1.82) is 0 Å². The van der Waals surface area contributed by atoms with E-state index in [1.165, 1.54) is 0 Å². The van der Waals surface area contributed by atoms with E-state index < -0.39 is 0 Å². The first-order valence-electron chi connectivity index (χ1n) is 4.74. The Bertz CT molecular complexity index is 637. The number of aromatic nitrogens is 4. The molecule has 82 valence electrons. The van der Waals surface area contributed by atoms with Crippen LogP contribution < -0.4 is 5.73 Å². The van der Waals surface area contributed by atoms with Gasteiger partial charge in [-0.15, -0.1) is 11.3 Å². The molecule has 0 atom stereocenters. The Hall–Kier alpha value is -1.73. The van der Waals surface area contributed by atoms with Crippen LogP contribution in [0.2, 0.25) is 0 Å². The van der Waals surface area contributed by atoms with Gasteiger partial charge >= 0.3 is 0 Å². The van der Waals surface area contributed by atoms with Gasteiger partial charge in [0.15, 0.2) is 10.8 Å². The van der Waals surface area contributed by atoms with E-state index in [9.17, 15) is 0 Å². The third-order valence-electron chi connectivity index (χ3n) is 2.24. The van der Waals surface area contributed by atoms with Crippen molar-refractivity contribution in [1.82, 2.24) is 19.5 Å². The van der Waals surface area contributed by atoms with Crippen LogP contribution in [0.1, 0.15) is 11.5 Å². The molecule has 3 aromatic rings. The van der Waals surface area contributed by atoms with Crippen LogP contribution in [0.4, 0.5) is 0 Å². The smallest absolute Gasteiger partial charge is 0.278 e. The topological polar surface area (TPSA) is 82.2 Å². The van der Waals surface area contributed by atoms with Gasteiger partial charge in [0.05, 0.1) is 0 Å². The number of hydrogen-bond acceptors (Lipinski definition) is 6. The summed E-state index contributed by atoms with van der Waals surface area (Å²) in [5.41, 5.74) is 7.32. The molecule has 7 heteroatoms. The van der Waals surface area contributed by atoms with Crippen molar-refractivity contribution in [3.05, 3.63) is 23.1 Å². The van der Waals surface area contributed by atoms with Crippen LogP contribution in [-0.4, -0.2) is 19.5 Å². The van der Waals surface area contributed by atoms with E-state index in [1.807, 2.05) is 16.0 Å². The average Bonchev–Trinajstić information content (AvgIpc) is 2.90. The minimum atomic E-state index is 0.441. The maximum absolute atomic E-state index is 5.62. The Labute approximate surface area is 94.7 Å². The number of rotatable bonds is 2. The Morgan fingerprint density at radius 2 is 2.38 bits per heavy atom. The lowest BCUT2D eigenvalue weighted by atomic mass is 10.4. The Balaban J connectivity index is 2.15. The Kier molecular flexibility index (Phi) is 2.01. The molecule has 0 aliphatic heterocycles. The van der Waals surface area contributed by atoms with Crippen LogP contribution in [0.15, 0.2) is 16.1 Å². The number of hydrogen-bond donors (Lipinski definition) is 1. The van der Waals surface area contributed by atoms with Crippen molar-refractivity contribution >= 4 is 16.3 Å². The summed E-state index contributed by atoms with van der Waals surface area (Å²) in [5, 5.41) is 5.72. The van der Waals surface area contributed by atoms with Gasteiger partial charge in [0, 0.05) is 23.8 Å². The fourth-order valence-electron chi connectivity index (χ4n) is 1.48. The summed E-state index contributed by atoms with van der Waals surface area (Å²) in [6.07, 6.45) is 1.86. The van der Waals surface area contributed by atoms with Crippen LogP contribution in [0.5, 0.6) is 0 Å². The van der Waals surface area contributed by atoms with Gasteiger partial charge in [-0.1, -0.05) is 5.16 Å². The van der Waals surface area contributed by atoms with E-state index in [0.29, 0.717) is 24.0 Å². The maximum atomic E-state index is 5.62. The molecular formula is C9H9N5OS. The molecule has 3 heterocycles. The van der Waals surface area contributed by atoms with E-state index in [2.05, 4.69) is 15.1 Å². The second-order valence-electron chi connectivity index (χ2n) is 3.36. The molecule has 3 aromatic heterocycles. The quantitative estimate of drug-likeness (QED) is 0.722. The fraction of sp³-hybridized carbons (Fsp3) is 0.222. The average molecular weight is 235 g/mol. The maximum Gasteiger partial charge on any atom is 0.278 e. The lowest BCUT2D eigenvalue weighted by Gasteiger charge is -1.90. The number of nitrogens with zero attached hydrogens (tertiary/aromatic N) is 4. The van der Waals surface area contributed by atoms with Crippen LogP contribution in [0, 0.1) is 6.92 Å². The zero-order chi connectivity index (χ0) is 11.1. The number of fused-ring (bicyclic) bond motifs is 1. The fourth-order valence-corrected chi connectivity index (χ4v) is 2.37. The highest BCUT2D eigenvalue weighted by Gasteiger charge is 2.13. The summed E-state index contributed by atoms with van der Waals surface area (Å²) >= 11 is 1.54. The van der Waals surface area contributed by atoms with Crippen molar-refractivity contribution < 1.29 is 4.52 Å². The first-order chi connectivity index (χ1) is 7.78. The molecule has 16 heavy (non-hydrogen) atoms. The highest BCUT2D eigenvalue weighted by atomic mass is 32.1. The molecule has 0 aromatic carbocycles. The van der Waals surface area contributed by atoms with Gasteiger partial charge in [-0.05, 0) is 6.92 Å². The van der Waals surface area contributed by atoms with Crippen molar-refractivity contribution in [3.63, 3.8) is 0 Å². The molecule has 0 saturated heterocycles. The zero-order valence-electron chi connectivity index (χ0n) is 8.54. The lowest BCUT2D eigenvalue weighted by molar-refractivity contribution is 0.424. The summed E-state index contributed by atoms with van der Waals surface area (Å²) in [6.45, 7) is 2.26. The standard InChI is InChI=1S/C9H9N5OS/c1-5-11-8(15-13-5)7-3-14-6(2-10)4-16-9(14)12-7/h3-4H,2,10H2,1H3. The van der Waals surface area contributed by atoms with Gasteiger partial charge in [0.25, 0.3) is 5.89 Å². The van der Waals surface area contributed by atoms with E-state index in [0.717, 1.165) is 10.7 Å². The van der Waals surface area contributed by atoms with Crippen LogP contribution >= 0.6 is 11.3 Å². The number of aryl methyl sites for hydroxylation is 1. The number of nitrogens with two attached hydrogens (primary N) is 1. The summed E-state index contributed by atoms with van der Waals surface area (Å²) in [6, 6.07) is 0. The summed E-state index contributed by atoms with van der Waals surface area (Å²) in [4.78, 5) is 9.41. The van der Waals surface area contributed by atoms with Crippen molar-refractivity contribution in [2.75, 3.05) is 0 Å². The van der Waals surface area contributed by atoms with E-state index in [4.69, 9.17) is 10.3 Å². The molecule has 0 fully saturated rings. The van der Waals surface area contributed by atoms with Crippen LogP contribution in [0.25, 0.3) is 16.5 Å². The minimum Gasteiger partial charge on any atom is -0.332 e. The minimum absolute atomic E-state index is 0.441. The van der Waals surface area contributed by atoms with Gasteiger partial charge in [0.2, 0.25) is 0 Å². The number of thiazole rings is 1. The predicted octanol–water partition coefficient (Wildman–Crippen LogP) is 1.21. The zero-order valence-corrected chi connectivity index (χ0v) is 9.36. The second kappa shape index (κ2) is 3.39. The highest BCUT2D eigenvalue weighted by molar-refractivity contribution is 7.15. The predicted molar refractivity (Wildman–Crippen MR) is 59.0 cm³/mol. The molecule has 2 N–H and O–H groups in total. The molecule has 3 rings (SSSR count). The molecule has 0 aliphatic carbocycles. The van der Waals surface area contributed by atoms with Gasteiger partial charge in [-0.25, -0.2) is 4.98 Å². The summed E-state index contributed by atoms with van der Waals surface area (Å²) in [5.74, 6) is 1.04. The van der Waals surface area contributed by atoms with Crippen molar-refractivity contribution in [2.24, 2.45) is 5.73 Å².